The Hall–Kier alpha value is -0.160. The average molecular weight is 336 g/mol. The summed E-state index contributed by atoms with van der Waals surface area (Å²) in [6.45, 7) is 9.16. The van der Waals surface area contributed by atoms with Gasteiger partial charge < -0.3 is 19.4 Å². The lowest BCUT2D eigenvalue weighted by Crippen LogP contribution is -2.55. The SMILES string of the molecule is CN1CCC(OC2CCC(CN3CCC4(CN(C)C4)C3)CC2)CC1. The van der Waals surface area contributed by atoms with E-state index in [4.69, 9.17) is 4.74 Å². The standard InChI is InChI=1S/C20H37N3O/c1-21-10-7-19(8-11-21)24-18-5-3-17(4-6-18)13-23-12-9-20(16-23)14-22(2)15-20/h17-19H,3-16H2,1-2H3. The maximum Gasteiger partial charge on any atom is 0.0603 e. The molecule has 0 atom stereocenters. The minimum absolute atomic E-state index is 0.539. The number of nitrogens with zero attached hydrogens (tertiary/aromatic N) is 3. The van der Waals surface area contributed by atoms with E-state index in [2.05, 4.69) is 28.8 Å². The van der Waals surface area contributed by atoms with Gasteiger partial charge in [0.05, 0.1) is 12.2 Å². The van der Waals surface area contributed by atoms with Crippen molar-refractivity contribution in [3.8, 4) is 0 Å². The first kappa shape index (κ1) is 17.3. The summed E-state index contributed by atoms with van der Waals surface area (Å²) in [6, 6.07) is 0. The number of rotatable bonds is 4. The molecule has 138 valence electrons. The van der Waals surface area contributed by atoms with Crippen LogP contribution in [0.3, 0.4) is 0 Å². The van der Waals surface area contributed by atoms with Crippen molar-refractivity contribution >= 4 is 0 Å². The molecule has 1 spiro atoms. The molecule has 1 saturated carbocycles. The first-order valence-corrected chi connectivity index (χ1v) is 10.4. The molecule has 3 aliphatic heterocycles. The Balaban J connectivity index is 1.15. The van der Waals surface area contributed by atoms with E-state index in [9.17, 15) is 0 Å². The largest absolute Gasteiger partial charge is 0.375 e. The van der Waals surface area contributed by atoms with E-state index >= 15 is 0 Å². The predicted molar refractivity (Wildman–Crippen MR) is 98.3 cm³/mol. The van der Waals surface area contributed by atoms with Crippen LogP contribution in [0.2, 0.25) is 0 Å². The van der Waals surface area contributed by atoms with Gasteiger partial charge >= 0.3 is 0 Å². The van der Waals surface area contributed by atoms with Gasteiger partial charge in [0, 0.05) is 44.7 Å². The van der Waals surface area contributed by atoms with E-state index in [1.165, 1.54) is 90.8 Å². The van der Waals surface area contributed by atoms with Crippen molar-refractivity contribution in [2.24, 2.45) is 11.3 Å². The molecule has 4 heteroatoms. The van der Waals surface area contributed by atoms with Gasteiger partial charge in [0.2, 0.25) is 0 Å². The summed E-state index contributed by atoms with van der Waals surface area (Å²) >= 11 is 0. The normalized spacial score (nSPS) is 36.2. The number of hydrogen-bond donors (Lipinski definition) is 0. The summed E-state index contributed by atoms with van der Waals surface area (Å²) in [5.74, 6) is 0.926. The first-order valence-electron chi connectivity index (χ1n) is 10.4. The van der Waals surface area contributed by atoms with Gasteiger partial charge in [-0.2, -0.15) is 0 Å². The molecular weight excluding hydrogens is 298 g/mol. The Morgan fingerprint density at radius 2 is 1.46 bits per heavy atom. The van der Waals surface area contributed by atoms with Gasteiger partial charge in [-0.3, -0.25) is 0 Å². The van der Waals surface area contributed by atoms with Crippen LogP contribution in [0, 0.1) is 11.3 Å². The number of piperidine rings is 1. The lowest BCUT2D eigenvalue weighted by Gasteiger charge is -2.46. The molecular formula is C20H37N3O. The molecule has 1 aliphatic carbocycles. The second-order valence-electron chi connectivity index (χ2n) is 9.44. The fourth-order valence-corrected chi connectivity index (χ4v) is 5.75. The molecule has 3 heterocycles. The van der Waals surface area contributed by atoms with Crippen LogP contribution in [0.5, 0.6) is 0 Å². The number of ether oxygens (including phenoxy) is 1. The number of likely N-dealkylation sites (tertiary alicyclic amines) is 3. The lowest BCUT2D eigenvalue weighted by atomic mass is 9.79. The van der Waals surface area contributed by atoms with Gasteiger partial charge in [-0.15, -0.1) is 0 Å². The van der Waals surface area contributed by atoms with Crippen LogP contribution in [0.4, 0.5) is 0 Å². The van der Waals surface area contributed by atoms with Crippen LogP contribution in [-0.2, 0) is 4.74 Å². The minimum Gasteiger partial charge on any atom is -0.375 e. The maximum atomic E-state index is 6.42. The highest BCUT2D eigenvalue weighted by atomic mass is 16.5. The highest BCUT2D eigenvalue weighted by Gasteiger charge is 2.46. The zero-order valence-electron chi connectivity index (χ0n) is 15.9. The Labute approximate surface area is 148 Å². The lowest BCUT2D eigenvalue weighted by molar-refractivity contribution is -0.0600. The van der Waals surface area contributed by atoms with E-state index in [0.29, 0.717) is 17.6 Å². The Morgan fingerprint density at radius 1 is 0.792 bits per heavy atom. The maximum absolute atomic E-state index is 6.42. The first-order chi connectivity index (χ1) is 11.6. The van der Waals surface area contributed by atoms with Crippen LogP contribution in [-0.4, -0.2) is 86.8 Å². The van der Waals surface area contributed by atoms with Crippen molar-refractivity contribution in [2.75, 3.05) is 59.9 Å². The molecule has 0 amide bonds. The van der Waals surface area contributed by atoms with Crippen molar-refractivity contribution in [1.82, 2.24) is 14.7 Å². The summed E-state index contributed by atoms with van der Waals surface area (Å²) < 4.78 is 6.42. The summed E-state index contributed by atoms with van der Waals surface area (Å²) in [5.41, 5.74) is 0.670. The minimum atomic E-state index is 0.539. The zero-order valence-corrected chi connectivity index (χ0v) is 15.9. The Bertz CT molecular complexity index is 407. The number of hydrogen-bond acceptors (Lipinski definition) is 4. The molecule has 4 nitrogen and oxygen atoms in total. The molecule has 4 rings (SSSR count). The van der Waals surface area contributed by atoms with Gasteiger partial charge in [-0.1, -0.05) is 0 Å². The summed E-state index contributed by atoms with van der Waals surface area (Å²) in [5, 5.41) is 0. The Morgan fingerprint density at radius 3 is 2.12 bits per heavy atom. The topological polar surface area (TPSA) is 19.0 Å². The molecule has 4 aliphatic rings. The van der Waals surface area contributed by atoms with Crippen molar-refractivity contribution in [2.45, 2.75) is 57.2 Å². The molecule has 3 saturated heterocycles. The fourth-order valence-electron chi connectivity index (χ4n) is 5.75. The van der Waals surface area contributed by atoms with Gasteiger partial charge in [-0.25, -0.2) is 0 Å². The van der Waals surface area contributed by atoms with E-state index in [-0.39, 0.29) is 0 Å². The highest BCUT2D eigenvalue weighted by molar-refractivity contribution is 5.00. The summed E-state index contributed by atoms with van der Waals surface area (Å²) in [6.07, 6.45) is 10.4. The molecule has 4 fully saturated rings. The Kier molecular flexibility index (Phi) is 5.19. The van der Waals surface area contributed by atoms with Crippen LogP contribution in [0.1, 0.15) is 44.9 Å². The third kappa shape index (κ3) is 3.98. The molecule has 0 radical (unpaired) electrons. The smallest absolute Gasteiger partial charge is 0.0603 e. The van der Waals surface area contributed by atoms with Gasteiger partial charge in [0.15, 0.2) is 0 Å². The van der Waals surface area contributed by atoms with Crippen molar-refractivity contribution < 1.29 is 4.74 Å². The third-order valence-electron chi connectivity index (χ3n) is 7.09. The van der Waals surface area contributed by atoms with Crippen LogP contribution in [0.15, 0.2) is 0 Å². The van der Waals surface area contributed by atoms with E-state index < -0.39 is 0 Å². The summed E-state index contributed by atoms with van der Waals surface area (Å²) in [4.78, 5) is 7.68. The van der Waals surface area contributed by atoms with Gasteiger partial charge in [0.1, 0.15) is 0 Å². The second kappa shape index (κ2) is 7.22. The molecule has 0 bridgehead atoms. The van der Waals surface area contributed by atoms with E-state index in [1.54, 1.807) is 0 Å². The van der Waals surface area contributed by atoms with Gasteiger partial charge in [-0.05, 0) is 71.5 Å². The van der Waals surface area contributed by atoms with Crippen molar-refractivity contribution in [1.29, 1.82) is 0 Å². The second-order valence-corrected chi connectivity index (χ2v) is 9.44. The van der Waals surface area contributed by atoms with Crippen LogP contribution >= 0.6 is 0 Å². The molecule has 0 aromatic heterocycles. The average Bonchev–Trinajstić information content (AvgIpc) is 2.95. The molecule has 0 aromatic carbocycles. The fraction of sp³-hybridized carbons (Fsp3) is 1.00. The van der Waals surface area contributed by atoms with E-state index in [1.807, 2.05) is 0 Å². The quantitative estimate of drug-likeness (QED) is 0.785. The predicted octanol–water partition coefficient (Wildman–Crippen LogP) is 2.29. The highest BCUT2D eigenvalue weighted by Crippen LogP contribution is 2.39. The summed E-state index contributed by atoms with van der Waals surface area (Å²) in [7, 11) is 4.49. The van der Waals surface area contributed by atoms with Crippen molar-refractivity contribution in [3.05, 3.63) is 0 Å². The van der Waals surface area contributed by atoms with Crippen molar-refractivity contribution in [3.63, 3.8) is 0 Å². The van der Waals surface area contributed by atoms with Crippen LogP contribution < -0.4 is 0 Å². The molecule has 0 aromatic rings. The molecule has 0 unspecified atom stereocenters. The van der Waals surface area contributed by atoms with E-state index in [0.717, 1.165) is 5.92 Å². The molecule has 0 N–H and O–H groups in total. The molecule has 24 heavy (non-hydrogen) atoms. The van der Waals surface area contributed by atoms with Crippen LogP contribution in [0.25, 0.3) is 0 Å². The monoisotopic (exact) mass is 335 g/mol. The third-order valence-corrected chi connectivity index (χ3v) is 7.09. The van der Waals surface area contributed by atoms with Gasteiger partial charge in [0.25, 0.3) is 0 Å². The zero-order chi connectivity index (χ0) is 16.6.